The molecule has 1 aromatic carbocycles. The monoisotopic (exact) mass is 391 g/mol. The van der Waals surface area contributed by atoms with Crippen LogP contribution in [-0.4, -0.2) is 21.5 Å². The highest BCUT2D eigenvalue weighted by Gasteiger charge is 2.30. The molecule has 0 aliphatic carbocycles. The van der Waals surface area contributed by atoms with Crippen molar-refractivity contribution in [1.29, 1.82) is 0 Å². The van der Waals surface area contributed by atoms with Gasteiger partial charge in [-0.2, -0.15) is 10.9 Å². The Hall–Kier alpha value is -0.430. The van der Waals surface area contributed by atoms with Gasteiger partial charge in [0.15, 0.2) is 6.29 Å². The predicted octanol–water partition coefficient (Wildman–Crippen LogP) is 4.51. The standard InChI is InChI=1S/C16H19Cl2NO2S2/c1-16(2,3)23(21)19-10-22-14(18)8-13(17)15(22)12-7-5-4-6-11(12)9-20/h4-9,19,22H,10H2,1-3H3. The Morgan fingerprint density at radius 1 is 1.30 bits per heavy atom. The molecule has 1 aliphatic heterocycles. The highest BCUT2D eigenvalue weighted by Crippen LogP contribution is 2.57. The summed E-state index contributed by atoms with van der Waals surface area (Å²) >= 11 is 11.5. The Labute approximate surface area is 152 Å². The quantitative estimate of drug-likeness (QED) is 0.440. The van der Waals surface area contributed by atoms with E-state index in [1.54, 1.807) is 18.2 Å². The SMILES string of the molecule is CC(C)(C)[S+]([O-])NC[SH]1C(Cl)=CC(Cl)=C1c1ccccc1C=O. The predicted molar refractivity (Wildman–Crippen MR) is 103 cm³/mol. The van der Waals surface area contributed by atoms with E-state index in [1.807, 2.05) is 32.9 Å². The molecular formula is C16H19Cl2NO2S2. The van der Waals surface area contributed by atoms with Gasteiger partial charge in [0.2, 0.25) is 0 Å². The van der Waals surface area contributed by atoms with E-state index in [0.29, 0.717) is 20.8 Å². The number of carbonyl (C=O) groups excluding carboxylic acids is 1. The average molecular weight is 392 g/mol. The van der Waals surface area contributed by atoms with Crippen molar-refractivity contribution in [3.63, 3.8) is 0 Å². The molecule has 2 unspecified atom stereocenters. The first-order valence-corrected chi connectivity index (χ1v) is 10.4. The summed E-state index contributed by atoms with van der Waals surface area (Å²) in [6.07, 6.45) is 2.53. The lowest BCUT2D eigenvalue weighted by atomic mass is 10.1. The normalized spacial score (nSPS) is 21.3. The molecule has 0 aromatic heterocycles. The van der Waals surface area contributed by atoms with Crippen molar-refractivity contribution in [1.82, 2.24) is 4.72 Å². The van der Waals surface area contributed by atoms with Crippen LogP contribution in [0, 0.1) is 0 Å². The van der Waals surface area contributed by atoms with E-state index in [4.69, 9.17) is 23.2 Å². The molecular weight excluding hydrogens is 373 g/mol. The van der Waals surface area contributed by atoms with E-state index >= 15 is 0 Å². The first-order valence-electron chi connectivity index (χ1n) is 7.00. The summed E-state index contributed by atoms with van der Waals surface area (Å²) in [4.78, 5) is 12.2. The van der Waals surface area contributed by atoms with Crippen LogP contribution >= 0.6 is 34.1 Å². The minimum absolute atomic E-state index is 0.361. The molecule has 0 radical (unpaired) electrons. The lowest BCUT2D eigenvalue weighted by Crippen LogP contribution is -2.39. The third-order valence-corrected chi connectivity index (χ3v) is 8.28. The zero-order valence-electron chi connectivity index (χ0n) is 13.1. The molecule has 7 heteroatoms. The van der Waals surface area contributed by atoms with Crippen LogP contribution in [0.15, 0.2) is 39.7 Å². The van der Waals surface area contributed by atoms with Gasteiger partial charge in [-0.1, -0.05) is 47.5 Å². The number of benzene rings is 1. The van der Waals surface area contributed by atoms with Crippen LogP contribution < -0.4 is 4.72 Å². The van der Waals surface area contributed by atoms with Gasteiger partial charge in [0.05, 0.1) is 15.3 Å². The van der Waals surface area contributed by atoms with E-state index in [0.717, 1.165) is 16.8 Å². The van der Waals surface area contributed by atoms with E-state index < -0.39 is 22.3 Å². The van der Waals surface area contributed by atoms with Crippen molar-refractivity contribution in [3.8, 4) is 0 Å². The van der Waals surface area contributed by atoms with Crippen LogP contribution in [0.3, 0.4) is 0 Å². The highest BCUT2D eigenvalue weighted by atomic mass is 35.5. The summed E-state index contributed by atoms with van der Waals surface area (Å²) in [6.45, 7) is 5.71. The summed E-state index contributed by atoms with van der Waals surface area (Å²) in [5.74, 6) is 0.452. The molecule has 1 N–H and O–H groups in total. The van der Waals surface area contributed by atoms with Gasteiger partial charge in [0.1, 0.15) is 4.75 Å². The number of nitrogens with one attached hydrogen (secondary N) is 1. The van der Waals surface area contributed by atoms with E-state index in [-0.39, 0.29) is 4.75 Å². The molecule has 1 heterocycles. The molecule has 3 nitrogen and oxygen atoms in total. The molecule has 0 fully saturated rings. The topological polar surface area (TPSA) is 52.2 Å². The molecule has 2 rings (SSSR count). The maximum absolute atomic E-state index is 12.2. The minimum atomic E-state index is -1.19. The molecule has 0 spiro atoms. The van der Waals surface area contributed by atoms with E-state index in [1.165, 1.54) is 0 Å². The molecule has 0 saturated heterocycles. The fraction of sp³-hybridized carbons (Fsp3) is 0.312. The smallest absolute Gasteiger partial charge is 0.150 e. The molecule has 0 bridgehead atoms. The zero-order chi connectivity index (χ0) is 17.2. The number of halogens is 2. The molecule has 23 heavy (non-hydrogen) atoms. The number of aldehydes is 1. The molecule has 0 amide bonds. The summed E-state index contributed by atoms with van der Waals surface area (Å²) in [6, 6.07) is 7.28. The van der Waals surface area contributed by atoms with E-state index in [9.17, 15) is 9.35 Å². The van der Waals surface area contributed by atoms with Crippen LogP contribution in [0.1, 0.15) is 36.7 Å². The van der Waals surface area contributed by atoms with Crippen LogP contribution in [0.5, 0.6) is 0 Å². The Balaban J connectivity index is 2.28. The fourth-order valence-corrected chi connectivity index (χ4v) is 6.30. The molecule has 1 aliphatic rings. The molecule has 126 valence electrons. The fourth-order valence-electron chi connectivity index (χ4n) is 2.07. The highest BCUT2D eigenvalue weighted by molar-refractivity contribution is 8.29. The number of rotatable bonds is 5. The van der Waals surface area contributed by atoms with Gasteiger partial charge < -0.3 is 4.55 Å². The third-order valence-electron chi connectivity index (χ3n) is 3.25. The summed E-state index contributed by atoms with van der Waals surface area (Å²) in [5.41, 5.74) is 1.36. The third kappa shape index (κ3) is 4.35. The summed E-state index contributed by atoms with van der Waals surface area (Å²) in [7, 11) is -0.976. The largest absolute Gasteiger partial charge is 0.598 e. The van der Waals surface area contributed by atoms with Crippen molar-refractivity contribution in [2.24, 2.45) is 0 Å². The number of hydrogen-bond donors (Lipinski definition) is 2. The van der Waals surface area contributed by atoms with Crippen molar-refractivity contribution >= 4 is 56.7 Å². The minimum Gasteiger partial charge on any atom is -0.598 e. The molecule has 0 saturated carbocycles. The van der Waals surface area contributed by atoms with Crippen LogP contribution in [0.4, 0.5) is 0 Å². The van der Waals surface area contributed by atoms with Crippen LogP contribution in [-0.2, 0) is 11.4 Å². The Morgan fingerprint density at radius 3 is 2.57 bits per heavy atom. The van der Waals surface area contributed by atoms with E-state index in [2.05, 4.69) is 4.72 Å². The molecule has 1 aromatic rings. The van der Waals surface area contributed by atoms with Crippen molar-refractivity contribution in [2.45, 2.75) is 25.5 Å². The second-order valence-electron chi connectivity index (χ2n) is 5.98. The maximum atomic E-state index is 12.2. The Bertz CT molecular complexity index is 668. The second-order valence-corrected chi connectivity index (χ2v) is 11.2. The number of thiol groups is 1. The van der Waals surface area contributed by atoms with Crippen LogP contribution in [0.25, 0.3) is 4.91 Å². The maximum Gasteiger partial charge on any atom is 0.150 e. The number of hydrogen-bond acceptors (Lipinski definition) is 3. The number of allylic oxidation sites excluding steroid dienone is 2. The second kappa shape index (κ2) is 7.64. The van der Waals surface area contributed by atoms with Crippen molar-refractivity contribution in [2.75, 3.05) is 5.88 Å². The average Bonchev–Trinajstić information content (AvgIpc) is 2.77. The zero-order valence-corrected chi connectivity index (χ0v) is 16.3. The van der Waals surface area contributed by atoms with Crippen LogP contribution in [0.2, 0.25) is 0 Å². The van der Waals surface area contributed by atoms with Gasteiger partial charge in [-0.15, -0.1) is 4.72 Å². The van der Waals surface area contributed by atoms with Gasteiger partial charge in [-0.05, 0) is 32.4 Å². The van der Waals surface area contributed by atoms with Gasteiger partial charge >= 0.3 is 0 Å². The van der Waals surface area contributed by atoms with Gasteiger partial charge in [-0.3, -0.25) is 4.79 Å². The van der Waals surface area contributed by atoms with Gasteiger partial charge in [-0.25, -0.2) is 0 Å². The Morgan fingerprint density at radius 2 is 1.96 bits per heavy atom. The summed E-state index contributed by atoms with van der Waals surface area (Å²) in [5, 5.41) is 0.541. The first-order chi connectivity index (χ1) is 10.8. The van der Waals surface area contributed by atoms with Gasteiger partial charge in [0, 0.05) is 21.8 Å². The summed E-state index contributed by atoms with van der Waals surface area (Å²) < 4.78 is 15.5. The van der Waals surface area contributed by atoms with Crippen molar-refractivity contribution in [3.05, 3.63) is 50.9 Å². The molecule has 2 atom stereocenters. The first kappa shape index (κ1) is 18.9. The lowest BCUT2D eigenvalue weighted by Gasteiger charge is -2.27. The van der Waals surface area contributed by atoms with Crippen molar-refractivity contribution < 1.29 is 9.35 Å². The lowest BCUT2D eigenvalue weighted by molar-refractivity contribution is 0.112. The van der Waals surface area contributed by atoms with Gasteiger partial charge in [0.25, 0.3) is 0 Å². The Kier molecular flexibility index (Phi) is 6.28. The number of carbonyl (C=O) groups is 1.